The van der Waals surface area contributed by atoms with E-state index in [2.05, 4.69) is 31.6 Å². The third kappa shape index (κ3) is 8.07. The average Bonchev–Trinajstić information content (AvgIpc) is 2.92. The van der Waals surface area contributed by atoms with Crippen LogP contribution in [-0.4, -0.2) is 17.9 Å². The number of halogens is 3. The molecule has 0 heterocycles. The lowest BCUT2D eigenvalue weighted by molar-refractivity contribution is -0.137. The van der Waals surface area contributed by atoms with E-state index in [-0.39, 0.29) is 39.5 Å². The van der Waals surface area contributed by atoms with Crippen LogP contribution >= 0.6 is 0 Å². The first kappa shape index (κ1) is 30.2. The summed E-state index contributed by atoms with van der Waals surface area (Å²) >= 11 is 0. The molecule has 9 heteroatoms. The van der Waals surface area contributed by atoms with Crippen molar-refractivity contribution in [3.63, 3.8) is 0 Å². The van der Waals surface area contributed by atoms with Gasteiger partial charge in [0, 0.05) is 33.9 Å². The molecular weight excluding hydrogens is 537 g/mol. The molecule has 0 aliphatic rings. The summed E-state index contributed by atoms with van der Waals surface area (Å²) in [6, 6.07) is 13.2. The standard InChI is InChI=1S/C32H23F3O6/c1-6-29(36)41-28-17-23(10-7-21-8-13-24(14-9-21)39-30(37)19(2)3)27(32(33,34)35)18-26(28)22-11-15-25(16-12-22)40-31(38)20(4)5/h6,8-9,11-18H,1-2,4H2,3,5H3. The minimum Gasteiger partial charge on any atom is -0.423 e. The van der Waals surface area contributed by atoms with E-state index in [9.17, 15) is 27.6 Å². The van der Waals surface area contributed by atoms with Crippen molar-refractivity contribution in [3.05, 3.63) is 114 Å². The Hall–Kier alpha value is -5.36. The largest absolute Gasteiger partial charge is 0.423 e. The summed E-state index contributed by atoms with van der Waals surface area (Å²) in [4.78, 5) is 35.4. The molecule has 0 fully saturated rings. The number of hydrogen-bond donors (Lipinski definition) is 0. The zero-order valence-corrected chi connectivity index (χ0v) is 22.1. The summed E-state index contributed by atoms with van der Waals surface area (Å²) in [6.07, 6.45) is -3.94. The molecule has 0 unspecified atom stereocenters. The Kier molecular flexibility index (Phi) is 9.32. The smallest absolute Gasteiger partial charge is 0.417 e. The summed E-state index contributed by atoms with van der Waals surface area (Å²) in [7, 11) is 0. The number of ether oxygens (including phenoxy) is 3. The Morgan fingerprint density at radius 2 is 1.29 bits per heavy atom. The predicted octanol–water partition coefficient (Wildman–Crippen LogP) is 6.83. The van der Waals surface area contributed by atoms with Crippen LogP contribution in [0.25, 0.3) is 11.1 Å². The van der Waals surface area contributed by atoms with Gasteiger partial charge in [0.05, 0.1) is 5.56 Å². The second-order valence-electron chi connectivity index (χ2n) is 8.66. The number of hydrogen-bond acceptors (Lipinski definition) is 6. The molecule has 0 N–H and O–H groups in total. The lowest BCUT2D eigenvalue weighted by Gasteiger charge is -2.16. The van der Waals surface area contributed by atoms with Crippen molar-refractivity contribution in [1.82, 2.24) is 0 Å². The normalized spacial score (nSPS) is 10.5. The van der Waals surface area contributed by atoms with Crippen LogP contribution in [0, 0.1) is 11.8 Å². The first-order chi connectivity index (χ1) is 19.3. The van der Waals surface area contributed by atoms with E-state index in [1.807, 2.05) is 0 Å². The van der Waals surface area contributed by atoms with Crippen molar-refractivity contribution in [2.45, 2.75) is 20.0 Å². The lowest BCUT2D eigenvalue weighted by Crippen LogP contribution is -2.11. The van der Waals surface area contributed by atoms with Crippen LogP contribution in [0.15, 0.2) is 97.6 Å². The Labute approximate surface area is 234 Å². The van der Waals surface area contributed by atoms with E-state index >= 15 is 0 Å². The van der Waals surface area contributed by atoms with Crippen LogP contribution in [0.5, 0.6) is 17.2 Å². The highest BCUT2D eigenvalue weighted by molar-refractivity contribution is 5.89. The third-order valence-corrected chi connectivity index (χ3v) is 5.28. The summed E-state index contributed by atoms with van der Waals surface area (Å²) in [5, 5.41) is 0. The summed E-state index contributed by atoms with van der Waals surface area (Å²) in [5.41, 5.74) is -0.618. The third-order valence-electron chi connectivity index (χ3n) is 5.28. The van der Waals surface area contributed by atoms with E-state index < -0.39 is 35.2 Å². The number of benzene rings is 3. The van der Waals surface area contributed by atoms with Crippen LogP contribution in [0.2, 0.25) is 0 Å². The van der Waals surface area contributed by atoms with Crippen LogP contribution in [0.4, 0.5) is 13.2 Å². The van der Waals surface area contributed by atoms with E-state index in [0.29, 0.717) is 5.56 Å². The van der Waals surface area contributed by atoms with Crippen molar-refractivity contribution >= 4 is 17.9 Å². The van der Waals surface area contributed by atoms with Gasteiger partial charge in [-0.1, -0.05) is 43.7 Å². The van der Waals surface area contributed by atoms with Crippen molar-refractivity contribution < 1.29 is 41.8 Å². The fourth-order valence-corrected chi connectivity index (χ4v) is 3.21. The molecule has 3 aromatic rings. The first-order valence-electron chi connectivity index (χ1n) is 11.9. The highest BCUT2D eigenvalue weighted by atomic mass is 19.4. The molecule has 3 aromatic carbocycles. The molecule has 3 rings (SSSR count). The molecule has 0 aliphatic carbocycles. The van der Waals surface area contributed by atoms with Gasteiger partial charge in [0.2, 0.25) is 0 Å². The second-order valence-corrected chi connectivity index (χ2v) is 8.66. The van der Waals surface area contributed by atoms with E-state index in [0.717, 1.165) is 18.2 Å². The molecule has 41 heavy (non-hydrogen) atoms. The van der Waals surface area contributed by atoms with Gasteiger partial charge in [-0.05, 0) is 67.9 Å². The van der Waals surface area contributed by atoms with Crippen LogP contribution in [0.3, 0.4) is 0 Å². The Morgan fingerprint density at radius 3 is 1.76 bits per heavy atom. The maximum absolute atomic E-state index is 14.1. The fraction of sp³-hybridized carbons (Fsp3) is 0.0938. The van der Waals surface area contributed by atoms with Gasteiger partial charge < -0.3 is 14.2 Å². The SMILES string of the molecule is C=CC(=O)Oc1cc(C#Cc2ccc(OC(=O)C(=C)C)cc2)c(C(F)(F)F)cc1-c1ccc(OC(=O)C(=C)C)cc1. The van der Waals surface area contributed by atoms with E-state index in [4.69, 9.17) is 14.2 Å². The van der Waals surface area contributed by atoms with E-state index in [1.165, 1.54) is 62.4 Å². The summed E-state index contributed by atoms with van der Waals surface area (Å²) in [6.45, 7) is 13.3. The zero-order valence-electron chi connectivity index (χ0n) is 22.1. The minimum absolute atomic E-state index is 0.0560. The molecule has 0 aromatic heterocycles. The maximum atomic E-state index is 14.1. The molecule has 0 saturated carbocycles. The molecule has 208 valence electrons. The number of alkyl halides is 3. The molecule has 6 nitrogen and oxygen atoms in total. The molecule has 0 saturated heterocycles. The quantitative estimate of drug-likeness (QED) is 0.137. The van der Waals surface area contributed by atoms with Crippen molar-refractivity contribution in [3.8, 4) is 40.2 Å². The molecule has 0 amide bonds. The minimum atomic E-state index is -4.81. The highest BCUT2D eigenvalue weighted by Crippen LogP contribution is 2.40. The van der Waals surface area contributed by atoms with Gasteiger partial charge in [0.25, 0.3) is 0 Å². The molecule has 0 spiro atoms. The molecule has 0 atom stereocenters. The van der Waals surface area contributed by atoms with Crippen LogP contribution in [0.1, 0.15) is 30.5 Å². The summed E-state index contributed by atoms with van der Waals surface area (Å²) < 4.78 is 57.9. The van der Waals surface area contributed by atoms with Crippen molar-refractivity contribution in [2.75, 3.05) is 0 Å². The predicted molar refractivity (Wildman–Crippen MR) is 146 cm³/mol. The number of carbonyl (C=O) groups is 3. The van der Waals surface area contributed by atoms with Gasteiger partial charge in [-0.25, -0.2) is 14.4 Å². The molecular formula is C32H23F3O6. The van der Waals surface area contributed by atoms with Gasteiger partial charge in [0.15, 0.2) is 0 Å². The zero-order chi connectivity index (χ0) is 30.3. The van der Waals surface area contributed by atoms with Gasteiger partial charge >= 0.3 is 24.1 Å². The molecule has 0 radical (unpaired) electrons. The fourth-order valence-electron chi connectivity index (χ4n) is 3.21. The summed E-state index contributed by atoms with van der Waals surface area (Å²) in [5.74, 6) is 3.12. The van der Waals surface area contributed by atoms with Crippen LogP contribution < -0.4 is 14.2 Å². The van der Waals surface area contributed by atoms with Gasteiger partial charge in [-0.15, -0.1) is 0 Å². The highest BCUT2D eigenvalue weighted by Gasteiger charge is 2.34. The molecule has 0 bridgehead atoms. The number of carbonyl (C=O) groups excluding carboxylic acids is 3. The Morgan fingerprint density at radius 1 is 0.780 bits per heavy atom. The second kappa shape index (κ2) is 12.7. The topological polar surface area (TPSA) is 78.9 Å². The first-order valence-corrected chi connectivity index (χ1v) is 11.9. The van der Waals surface area contributed by atoms with E-state index in [1.54, 1.807) is 0 Å². The lowest BCUT2D eigenvalue weighted by atomic mass is 9.97. The maximum Gasteiger partial charge on any atom is 0.417 e. The van der Waals surface area contributed by atoms with Gasteiger partial charge in [-0.2, -0.15) is 13.2 Å². The van der Waals surface area contributed by atoms with Gasteiger partial charge in [-0.3, -0.25) is 0 Å². The number of esters is 3. The Bertz CT molecular complexity index is 1600. The monoisotopic (exact) mass is 560 g/mol. The van der Waals surface area contributed by atoms with Crippen molar-refractivity contribution in [1.29, 1.82) is 0 Å². The van der Waals surface area contributed by atoms with Crippen molar-refractivity contribution in [2.24, 2.45) is 0 Å². The Balaban J connectivity index is 2.06. The average molecular weight is 561 g/mol. The van der Waals surface area contributed by atoms with Crippen LogP contribution in [-0.2, 0) is 20.6 Å². The number of rotatable bonds is 7. The van der Waals surface area contributed by atoms with Gasteiger partial charge in [0.1, 0.15) is 17.2 Å². The molecule has 0 aliphatic heterocycles.